The third-order valence-corrected chi connectivity index (χ3v) is 2.63. The van der Waals surface area contributed by atoms with Crippen molar-refractivity contribution in [1.29, 1.82) is 0 Å². The maximum atomic E-state index is 8.57. The Morgan fingerprint density at radius 3 is 3.29 bits per heavy atom. The van der Waals surface area contributed by atoms with Gasteiger partial charge in [0.2, 0.25) is 5.88 Å². The molecule has 92 valence electrons. The van der Waals surface area contributed by atoms with E-state index in [0.29, 0.717) is 24.0 Å². The van der Waals surface area contributed by atoms with Gasteiger partial charge in [-0.3, -0.25) is 0 Å². The Balaban J connectivity index is 1.96. The standard InChI is InChI=1S/C11H15N3O3/c12-11(14-15)9-1-3-13-10(5-9)17-7-8-2-4-16-6-8/h1,3,5,8,15H,2,4,6-7H2,(H2,12,14). The maximum Gasteiger partial charge on any atom is 0.213 e. The van der Waals surface area contributed by atoms with Gasteiger partial charge >= 0.3 is 0 Å². The van der Waals surface area contributed by atoms with Crippen molar-refractivity contribution in [2.75, 3.05) is 19.8 Å². The largest absolute Gasteiger partial charge is 0.477 e. The van der Waals surface area contributed by atoms with Gasteiger partial charge < -0.3 is 20.4 Å². The Kier molecular flexibility index (Phi) is 3.77. The molecule has 0 saturated carbocycles. The minimum Gasteiger partial charge on any atom is -0.477 e. The summed E-state index contributed by atoms with van der Waals surface area (Å²) in [5, 5.41) is 11.5. The molecule has 1 saturated heterocycles. The minimum absolute atomic E-state index is 0.0430. The van der Waals surface area contributed by atoms with Crippen LogP contribution in [0.15, 0.2) is 23.5 Å². The lowest BCUT2D eigenvalue weighted by Gasteiger charge is -2.09. The van der Waals surface area contributed by atoms with E-state index in [-0.39, 0.29) is 5.84 Å². The zero-order chi connectivity index (χ0) is 12.1. The zero-order valence-corrected chi connectivity index (χ0v) is 9.37. The van der Waals surface area contributed by atoms with Gasteiger partial charge in [-0.15, -0.1) is 0 Å². The third kappa shape index (κ3) is 3.07. The lowest BCUT2D eigenvalue weighted by Crippen LogP contribution is -2.15. The van der Waals surface area contributed by atoms with Gasteiger partial charge in [0.05, 0.1) is 13.2 Å². The van der Waals surface area contributed by atoms with E-state index in [1.807, 2.05) is 0 Å². The predicted octanol–water partition coefficient (Wildman–Crippen LogP) is 0.591. The highest BCUT2D eigenvalue weighted by molar-refractivity contribution is 5.97. The highest BCUT2D eigenvalue weighted by Gasteiger charge is 2.16. The van der Waals surface area contributed by atoms with E-state index in [1.54, 1.807) is 18.3 Å². The number of aromatic nitrogens is 1. The quantitative estimate of drug-likeness (QED) is 0.346. The van der Waals surface area contributed by atoms with Crippen LogP contribution in [0.3, 0.4) is 0 Å². The molecule has 2 rings (SSSR count). The molecule has 0 bridgehead atoms. The van der Waals surface area contributed by atoms with Crippen LogP contribution in [0.1, 0.15) is 12.0 Å². The molecule has 1 unspecified atom stereocenters. The summed E-state index contributed by atoms with van der Waals surface area (Å²) >= 11 is 0. The normalized spacial score (nSPS) is 20.5. The van der Waals surface area contributed by atoms with Crippen molar-refractivity contribution in [2.24, 2.45) is 16.8 Å². The number of hydrogen-bond donors (Lipinski definition) is 2. The van der Waals surface area contributed by atoms with Crippen LogP contribution in [0.2, 0.25) is 0 Å². The van der Waals surface area contributed by atoms with E-state index in [9.17, 15) is 0 Å². The first-order chi connectivity index (χ1) is 8.29. The average Bonchev–Trinajstić information content (AvgIpc) is 2.89. The van der Waals surface area contributed by atoms with E-state index in [1.165, 1.54) is 0 Å². The van der Waals surface area contributed by atoms with Crippen molar-refractivity contribution in [3.05, 3.63) is 23.9 Å². The van der Waals surface area contributed by atoms with Crippen LogP contribution in [0.5, 0.6) is 5.88 Å². The second kappa shape index (κ2) is 5.49. The first kappa shape index (κ1) is 11.7. The summed E-state index contributed by atoms with van der Waals surface area (Å²) < 4.78 is 10.8. The highest BCUT2D eigenvalue weighted by atomic mass is 16.5. The smallest absolute Gasteiger partial charge is 0.213 e. The third-order valence-electron chi connectivity index (χ3n) is 2.63. The SMILES string of the molecule is NC(=NO)c1ccnc(OCC2CCOC2)c1. The average molecular weight is 237 g/mol. The Hall–Kier alpha value is -1.82. The Bertz CT molecular complexity index is 403. The Morgan fingerprint density at radius 2 is 2.59 bits per heavy atom. The summed E-state index contributed by atoms with van der Waals surface area (Å²) in [6.07, 6.45) is 2.58. The van der Waals surface area contributed by atoms with Crippen LogP contribution in [0, 0.1) is 5.92 Å². The van der Waals surface area contributed by atoms with Gasteiger partial charge in [-0.05, 0) is 12.5 Å². The van der Waals surface area contributed by atoms with Crippen LogP contribution in [0.25, 0.3) is 0 Å². The van der Waals surface area contributed by atoms with Gasteiger partial charge in [0.1, 0.15) is 0 Å². The zero-order valence-electron chi connectivity index (χ0n) is 9.37. The summed E-state index contributed by atoms with van der Waals surface area (Å²) in [5.41, 5.74) is 6.06. The second-order valence-corrected chi connectivity index (χ2v) is 3.91. The van der Waals surface area contributed by atoms with Crippen LogP contribution >= 0.6 is 0 Å². The monoisotopic (exact) mass is 237 g/mol. The van der Waals surface area contributed by atoms with E-state index < -0.39 is 0 Å². The van der Waals surface area contributed by atoms with Gasteiger partial charge in [-0.25, -0.2) is 4.98 Å². The number of rotatable bonds is 4. The molecule has 6 heteroatoms. The molecule has 0 spiro atoms. The molecular formula is C11H15N3O3. The molecule has 1 aliphatic heterocycles. The Morgan fingerprint density at radius 1 is 1.71 bits per heavy atom. The number of ether oxygens (including phenoxy) is 2. The van der Waals surface area contributed by atoms with Crippen LogP contribution in [-0.4, -0.2) is 35.8 Å². The molecular weight excluding hydrogens is 222 g/mol. The van der Waals surface area contributed by atoms with E-state index in [2.05, 4.69) is 10.1 Å². The van der Waals surface area contributed by atoms with Crippen molar-refractivity contribution in [3.63, 3.8) is 0 Å². The van der Waals surface area contributed by atoms with Crippen molar-refractivity contribution in [1.82, 2.24) is 4.98 Å². The molecule has 1 fully saturated rings. The number of nitrogens with zero attached hydrogens (tertiary/aromatic N) is 2. The molecule has 0 aromatic carbocycles. The summed E-state index contributed by atoms with van der Waals surface area (Å²) in [6, 6.07) is 3.30. The molecule has 6 nitrogen and oxygen atoms in total. The number of amidine groups is 1. The first-order valence-electron chi connectivity index (χ1n) is 5.44. The molecule has 2 heterocycles. The lowest BCUT2D eigenvalue weighted by molar-refractivity contribution is 0.165. The molecule has 0 aliphatic carbocycles. The molecule has 1 aromatic heterocycles. The van der Waals surface area contributed by atoms with Crippen LogP contribution < -0.4 is 10.5 Å². The molecule has 3 N–H and O–H groups in total. The first-order valence-corrected chi connectivity index (χ1v) is 5.44. The van der Waals surface area contributed by atoms with E-state index >= 15 is 0 Å². The molecule has 0 radical (unpaired) electrons. The van der Waals surface area contributed by atoms with Gasteiger partial charge in [0, 0.05) is 30.4 Å². The number of hydrogen-bond acceptors (Lipinski definition) is 5. The number of oxime groups is 1. The van der Waals surface area contributed by atoms with Gasteiger partial charge in [-0.1, -0.05) is 5.16 Å². The van der Waals surface area contributed by atoms with E-state index in [4.69, 9.17) is 20.4 Å². The fourth-order valence-corrected chi connectivity index (χ4v) is 1.62. The summed E-state index contributed by atoms with van der Waals surface area (Å²) in [7, 11) is 0. The fraction of sp³-hybridized carbons (Fsp3) is 0.455. The topological polar surface area (TPSA) is 90.0 Å². The molecule has 17 heavy (non-hydrogen) atoms. The van der Waals surface area contributed by atoms with Crippen molar-refractivity contribution in [3.8, 4) is 5.88 Å². The minimum atomic E-state index is 0.0430. The summed E-state index contributed by atoms with van der Waals surface area (Å²) in [5.74, 6) is 0.937. The van der Waals surface area contributed by atoms with Crippen molar-refractivity contribution in [2.45, 2.75) is 6.42 Å². The summed E-state index contributed by atoms with van der Waals surface area (Å²) in [6.45, 7) is 2.11. The Labute approximate surface area is 99.0 Å². The van der Waals surface area contributed by atoms with Crippen molar-refractivity contribution >= 4 is 5.84 Å². The molecule has 1 aliphatic rings. The maximum absolute atomic E-state index is 8.57. The fourth-order valence-electron chi connectivity index (χ4n) is 1.62. The van der Waals surface area contributed by atoms with Crippen LogP contribution in [0.4, 0.5) is 0 Å². The predicted molar refractivity (Wildman–Crippen MR) is 61.2 cm³/mol. The summed E-state index contributed by atoms with van der Waals surface area (Å²) in [4.78, 5) is 4.06. The molecule has 1 atom stereocenters. The molecule has 0 amide bonds. The van der Waals surface area contributed by atoms with Crippen LogP contribution in [-0.2, 0) is 4.74 Å². The number of pyridine rings is 1. The van der Waals surface area contributed by atoms with Gasteiger partial charge in [0.15, 0.2) is 5.84 Å². The highest BCUT2D eigenvalue weighted by Crippen LogP contribution is 2.15. The lowest BCUT2D eigenvalue weighted by atomic mass is 10.1. The number of nitrogens with two attached hydrogens (primary N) is 1. The van der Waals surface area contributed by atoms with Gasteiger partial charge in [-0.2, -0.15) is 0 Å². The van der Waals surface area contributed by atoms with E-state index in [0.717, 1.165) is 19.6 Å². The molecule has 1 aromatic rings. The van der Waals surface area contributed by atoms with Gasteiger partial charge in [0.25, 0.3) is 0 Å². The van der Waals surface area contributed by atoms with Crippen molar-refractivity contribution < 1.29 is 14.7 Å². The second-order valence-electron chi connectivity index (χ2n) is 3.91.